The first-order chi connectivity index (χ1) is 9.94. The molecule has 1 N–H and O–H groups in total. The van der Waals surface area contributed by atoms with E-state index in [1.165, 1.54) is 0 Å². The van der Waals surface area contributed by atoms with Gasteiger partial charge in [0.1, 0.15) is 12.7 Å². The van der Waals surface area contributed by atoms with Crippen molar-refractivity contribution in [3.63, 3.8) is 0 Å². The summed E-state index contributed by atoms with van der Waals surface area (Å²) < 4.78 is 16.7. The lowest BCUT2D eigenvalue weighted by Gasteiger charge is -2.16. The van der Waals surface area contributed by atoms with Gasteiger partial charge in [0, 0.05) is 6.61 Å². The molecule has 2 atom stereocenters. The first-order valence-electron chi connectivity index (χ1n) is 6.89. The highest BCUT2D eigenvalue weighted by molar-refractivity contribution is 5.67. The second kappa shape index (κ2) is 8.63. The van der Waals surface area contributed by atoms with Crippen LogP contribution in [0, 0.1) is 12.3 Å². The van der Waals surface area contributed by atoms with E-state index in [0.29, 0.717) is 13.0 Å². The molecule has 0 amide bonds. The fourth-order valence-electron chi connectivity index (χ4n) is 2.08. The fraction of sp³-hybridized carbons (Fsp3) is 0.562. The molecule has 116 valence electrons. The maximum atomic E-state index is 10.3. The Morgan fingerprint density at radius 2 is 2.19 bits per heavy atom. The van der Waals surface area contributed by atoms with Gasteiger partial charge in [-0.2, -0.15) is 0 Å². The lowest BCUT2D eigenvalue weighted by Crippen LogP contribution is -2.22. The number of carbonyl (C=O) groups is 1. The molecule has 0 bridgehead atoms. The smallest absolute Gasteiger partial charge is 0.329 e. The SMILES string of the molecule is C#CC=CC=C[C@H]1OC(C)(C)O[C@H]1CCCOCC(=O)O. The summed E-state index contributed by atoms with van der Waals surface area (Å²) in [5.74, 6) is 0.822. The Kier molecular flexibility index (Phi) is 7.17. The number of carboxylic acid groups (broad SMARTS) is 1. The first-order valence-corrected chi connectivity index (χ1v) is 6.89. The fourth-order valence-corrected chi connectivity index (χ4v) is 2.08. The van der Waals surface area contributed by atoms with E-state index in [0.717, 1.165) is 6.42 Å². The Bertz CT molecular complexity index is 430. The average Bonchev–Trinajstić information content (AvgIpc) is 2.68. The lowest BCUT2D eigenvalue weighted by molar-refractivity contribution is -0.144. The Labute approximate surface area is 125 Å². The number of terminal acetylenes is 1. The molecule has 1 aliphatic heterocycles. The number of ether oxygens (including phenoxy) is 3. The minimum atomic E-state index is -0.960. The molecule has 5 heteroatoms. The van der Waals surface area contributed by atoms with Gasteiger partial charge < -0.3 is 19.3 Å². The van der Waals surface area contributed by atoms with Crippen LogP contribution in [0.5, 0.6) is 0 Å². The topological polar surface area (TPSA) is 65.0 Å². The Morgan fingerprint density at radius 3 is 2.86 bits per heavy atom. The van der Waals surface area contributed by atoms with Crippen molar-refractivity contribution in [1.82, 2.24) is 0 Å². The van der Waals surface area contributed by atoms with Crippen molar-refractivity contribution < 1.29 is 24.1 Å². The van der Waals surface area contributed by atoms with E-state index >= 15 is 0 Å². The summed E-state index contributed by atoms with van der Waals surface area (Å²) in [4.78, 5) is 10.3. The third-order valence-electron chi connectivity index (χ3n) is 2.83. The van der Waals surface area contributed by atoms with Crippen molar-refractivity contribution in [3.05, 3.63) is 24.3 Å². The molecule has 1 saturated heterocycles. The molecule has 0 unspecified atom stereocenters. The number of allylic oxidation sites excluding steroid dienone is 3. The molecule has 1 rings (SSSR count). The van der Waals surface area contributed by atoms with Crippen LogP contribution in [0.2, 0.25) is 0 Å². The molecule has 1 fully saturated rings. The van der Waals surface area contributed by atoms with Gasteiger partial charge in [-0.15, -0.1) is 6.42 Å². The van der Waals surface area contributed by atoms with Crippen LogP contribution in [0.1, 0.15) is 26.7 Å². The Hall–Kier alpha value is -1.61. The molecule has 0 spiro atoms. The third kappa shape index (κ3) is 7.09. The zero-order valence-electron chi connectivity index (χ0n) is 12.5. The predicted octanol–water partition coefficient (Wildman–Crippen LogP) is 2.13. The molecule has 0 aliphatic carbocycles. The summed E-state index contributed by atoms with van der Waals surface area (Å²) in [5, 5.41) is 8.48. The minimum Gasteiger partial charge on any atom is -0.480 e. The van der Waals surface area contributed by atoms with Crippen LogP contribution in [-0.4, -0.2) is 42.3 Å². The summed E-state index contributed by atoms with van der Waals surface area (Å²) in [6.07, 6.45) is 13.5. The normalized spacial score (nSPS) is 24.6. The quantitative estimate of drug-likeness (QED) is 0.422. The molecule has 0 aromatic carbocycles. The second-order valence-electron chi connectivity index (χ2n) is 5.14. The van der Waals surface area contributed by atoms with Gasteiger partial charge in [-0.3, -0.25) is 0 Å². The van der Waals surface area contributed by atoms with E-state index in [-0.39, 0.29) is 18.8 Å². The van der Waals surface area contributed by atoms with E-state index in [4.69, 9.17) is 25.7 Å². The van der Waals surface area contributed by atoms with Crippen LogP contribution in [0.3, 0.4) is 0 Å². The highest BCUT2D eigenvalue weighted by Crippen LogP contribution is 2.31. The van der Waals surface area contributed by atoms with E-state index in [1.54, 1.807) is 12.2 Å². The molecule has 1 aliphatic rings. The van der Waals surface area contributed by atoms with Crippen molar-refractivity contribution in [3.8, 4) is 12.3 Å². The molecule has 0 saturated carbocycles. The summed E-state index contributed by atoms with van der Waals surface area (Å²) in [6, 6.07) is 0. The number of rotatable bonds is 8. The van der Waals surface area contributed by atoms with Gasteiger partial charge >= 0.3 is 5.97 Å². The number of hydrogen-bond donors (Lipinski definition) is 1. The summed E-state index contributed by atoms with van der Waals surface area (Å²) in [6.45, 7) is 3.85. The van der Waals surface area contributed by atoms with E-state index in [2.05, 4.69) is 5.92 Å². The van der Waals surface area contributed by atoms with Crippen molar-refractivity contribution in [2.75, 3.05) is 13.2 Å². The number of aliphatic carboxylic acids is 1. The predicted molar refractivity (Wildman–Crippen MR) is 78.6 cm³/mol. The monoisotopic (exact) mass is 294 g/mol. The molecule has 1 heterocycles. The van der Waals surface area contributed by atoms with Gasteiger partial charge in [0.05, 0.1) is 6.10 Å². The summed E-state index contributed by atoms with van der Waals surface area (Å²) in [7, 11) is 0. The molecule has 5 nitrogen and oxygen atoms in total. The molecular weight excluding hydrogens is 272 g/mol. The van der Waals surface area contributed by atoms with E-state index in [9.17, 15) is 4.79 Å². The molecular formula is C16H22O5. The van der Waals surface area contributed by atoms with Crippen molar-refractivity contribution in [1.29, 1.82) is 0 Å². The van der Waals surface area contributed by atoms with Crippen LogP contribution in [0.4, 0.5) is 0 Å². The van der Waals surface area contributed by atoms with Crippen molar-refractivity contribution in [2.24, 2.45) is 0 Å². The number of carboxylic acids is 1. The average molecular weight is 294 g/mol. The molecule has 21 heavy (non-hydrogen) atoms. The zero-order chi connectivity index (χ0) is 15.7. The highest BCUT2D eigenvalue weighted by Gasteiger charge is 2.39. The van der Waals surface area contributed by atoms with Crippen molar-refractivity contribution >= 4 is 5.97 Å². The van der Waals surface area contributed by atoms with Gasteiger partial charge in [0.2, 0.25) is 0 Å². The molecule has 0 aromatic rings. The maximum absolute atomic E-state index is 10.3. The minimum absolute atomic E-state index is 0.0797. The summed E-state index contributed by atoms with van der Waals surface area (Å²) in [5.41, 5.74) is 0. The van der Waals surface area contributed by atoms with Gasteiger partial charge in [0.15, 0.2) is 5.79 Å². The Balaban J connectivity index is 2.41. The van der Waals surface area contributed by atoms with E-state index < -0.39 is 11.8 Å². The van der Waals surface area contributed by atoms with Crippen LogP contribution in [-0.2, 0) is 19.0 Å². The lowest BCUT2D eigenvalue weighted by atomic mass is 10.1. The standard InChI is InChI=1S/C16H22O5/c1-4-5-6-7-9-13-14(21-16(2,3)20-13)10-8-11-19-12-15(17)18/h1,5-7,9,13-14H,8,10-12H2,2-3H3,(H,17,18)/t13-,14+/m1/s1. The third-order valence-corrected chi connectivity index (χ3v) is 2.83. The summed E-state index contributed by atoms with van der Waals surface area (Å²) >= 11 is 0. The van der Waals surface area contributed by atoms with Crippen LogP contribution in [0.15, 0.2) is 24.3 Å². The molecule has 0 radical (unpaired) electrons. The van der Waals surface area contributed by atoms with Crippen LogP contribution in [0.25, 0.3) is 0 Å². The van der Waals surface area contributed by atoms with Gasteiger partial charge in [-0.1, -0.05) is 24.1 Å². The van der Waals surface area contributed by atoms with Crippen LogP contribution >= 0.6 is 0 Å². The highest BCUT2D eigenvalue weighted by atomic mass is 16.7. The van der Waals surface area contributed by atoms with Crippen LogP contribution < -0.4 is 0 Å². The first kappa shape index (κ1) is 17.4. The Morgan fingerprint density at radius 1 is 1.43 bits per heavy atom. The maximum Gasteiger partial charge on any atom is 0.329 e. The zero-order valence-corrected chi connectivity index (χ0v) is 12.5. The van der Waals surface area contributed by atoms with Crippen molar-refractivity contribution in [2.45, 2.75) is 44.7 Å². The van der Waals surface area contributed by atoms with Gasteiger partial charge in [0.25, 0.3) is 0 Å². The van der Waals surface area contributed by atoms with Gasteiger partial charge in [-0.05, 0) is 32.8 Å². The molecule has 0 aromatic heterocycles. The second-order valence-corrected chi connectivity index (χ2v) is 5.14. The van der Waals surface area contributed by atoms with E-state index in [1.807, 2.05) is 26.0 Å². The van der Waals surface area contributed by atoms with Gasteiger partial charge in [-0.25, -0.2) is 4.79 Å². The number of hydrogen-bond acceptors (Lipinski definition) is 4. The largest absolute Gasteiger partial charge is 0.480 e.